The van der Waals surface area contributed by atoms with Crippen LogP contribution < -0.4 is 19.9 Å². The summed E-state index contributed by atoms with van der Waals surface area (Å²) >= 11 is 0. The van der Waals surface area contributed by atoms with E-state index in [1.54, 1.807) is 41.2 Å². The predicted molar refractivity (Wildman–Crippen MR) is 144 cm³/mol. The molecule has 3 aromatic rings. The molecule has 1 atom stereocenters. The number of anilines is 5. The van der Waals surface area contributed by atoms with E-state index in [1.165, 1.54) is 0 Å². The molecule has 2 aromatic carbocycles. The summed E-state index contributed by atoms with van der Waals surface area (Å²) in [5.41, 5.74) is 4.14. The number of nitrogens with zero attached hydrogens (tertiary/aromatic N) is 4. The fourth-order valence-corrected chi connectivity index (χ4v) is 4.89. The summed E-state index contributed by atoms with van der Waals surface area (Å²) in [6, 6.07) is 14.7. The molecule has 2 aliphatic heterocycles. The third-order valence-electron chi connectivity index (χ3n) is 6.86. The second-order valence-electron chi connectivity index (χ2n) is 9.31. The zero-order valence-electron chi connectivity index (χ0n) is 21.3. The van der Waals surface area contributed by atoms with E-state index >= 15 is 0 Å². The van der Waals surface area contributed by atoms with Gasteiger partial charge in [-0.3, -0.25) is 9.59 Å². The van der Waals surface area contributed by atoms with Crippen LogP contribution in [0.4, 0.5) is 28.6 Å². The van der Waals surface area contributed by atoms with Gasteiger partial charge in [0.25, 0.3) is 11.8 Å². The van der Waals surface area contributed by atoms with Crippen molar-refractivity contribution in [3.63, 3.8) is 0 Å². The Labute approximate surface area is 216 Å². The van der Waals surface area contributed by atoms with Gasteiger partial charge >= 0.3 is 0 Å². The Morgan fingerprint density at radius 3 is 2.70 bits per heavy atom. The molecule has 0 spiro atoms. The molecule has 0 radical (unpaired) electrons. The van der Waals surface area contributed by atoms with Crippen LogP contribution in [-0.4, -0.2) is 66.7 Å². The summed E-state index contributed by atoms with van der Waals surface area (Å²) in [5, 5.41) is 13.3. The lowest BCUT2D eigenvalue weighted by Crippen LogP contribution is -2.42. The maximum absolute atomic E-state index is 13.1. The number of hydrogen-bond acceptors (Lipinski definition) is 7. The van der Waals surface area contributed by atoms with Crippen LogP contribution >= 0.6 is 0 Å². The zero-order chi connectivity index (χ0) is 26.1. The third kappa shape index (κ3) is 4.70. The molecule has 1 fully saturated rings. The first kappa shape index (κ1) is 24.6. The topological polar surface area (TPSA) is 98.2 Å². The molecule has 3 heterocycles. The number of aliphatic hydroxyl groups excluding tert-OH is 1. The molecule has 1 unspecified atom stereocenters. The second kappa shape index (κ2) is 10.1. The molecule has 2 aliphatic rings. The van der Waals surface area contributed by atoms with Crippen LogP contribution in [0.25, 0.3) is 0 Å². The van der Waals surface area contributed by atoms with E-state index in [2.05, 4.69) is 10.3 Å². The molecule has 9 heteroatoms. The number of benzene rings is 2. The van der Waals surface area contributed by atoms with Gasteiger partial charge in [0.15, 0.2) is 0 Å². The molecule has 1 saturated heterocycles. The highest BCUT2D eigenvalue weighted by Gasteiger charge is 2.28. The lowest BCUT2D eigenvalue weighted by Gasteiger charge is -2.30. The van der Waals surface area contributed by atoms with Crippen molar-refractivity contribution in [2.75, 3.05) is 48.9 Å². The van der Waals surface area contributed by atoms with Gasteiger partial charge in [-0.15, -0.1) is 0 Å². The summed E-state index contributed by atoms with van der Waals surface area (Å²) in [4.78, 5) is 35.9. The minimum absolute atomic E-state index is 0.0937. The van der Waals surface area contributed by atoms with Gasteiger partial charge in [-0.05, 0) is 50.1 Å². The molecular weight excluding hydrogens is 470 g/mol. The number of amides is 2. The van der Waals surface area contributed by atoms with Gasteiger partial charge in [-0.2, -0.15) is 0 Å². The smallest absolute Gasteiger partial charge is 0.260 e. The number of nitrogens with one attached hydrogen (secondary N) is 1. The first-order chi connectivity index (χ1) is 17.9. The largest absolute Gasteiger partial charge is 0.492 e. The van der Waals surface area contributed by atoms with E-state index < -0.39 is 6.10 Å². The van der Waals surface area contributed by atoms with Gasteiger partial charge in [0.05, 0.1) is 47.2 Å². The molecule has 37 heavy (non-hydrogen) atoms. The summed E-state index contributed by atoms with van der Waals surface area (Å²) in [7, 11) is 3.67. The highest BCUT2D eigenvalue weighted by Crippen LogP contribution is 2.40. The Balaban J connectivity index is 1.45. The molecule has 9 nitrogen and oxygen atoms in total. The number of piperidine rings is 1. The van der Waals surface area contributed by atoms with E-state index in [4.69, 9.17) is 4.74 Å². The maximum atomic E-state index is 13.1. The number of ether oxygens (including phenoxy) is 1. The average molecular weight is 502 g/mol. The number of aromatic nitrogens is 1. The number of β-amino-alcohol motifs (C(OH)–C–C–N with tert-alkyl or cyclic N) is 1. The van der Waals surface area contributed by atoms with Crippen LogP contribution in [0.15, 0.2) is 54.7 Å². The van der Waals surface area contributed by atoms with Crippen molar-refractivity contribution in [3.8, 4) is 5.75 Å². The standard InChI is InChI=1S/C28H31N5O4/c1-4-37-25-14-18(27(35)33-13-7-8-19(34)17-33)11-12-21(25)30-26-15-23-24(16-29-26)32(3)28(36)20-9-5-6-10-22(20)31(23)2/h5-6,9-12,14-16,19,34H,4,7-8,13,17H2,1-3H3,(H,29,30). The monoisotopic (exact) mass is 501 g/mol. The van der Waals surface area contributed by atoms with Crippen molar-refractivity contribution in [1.29, 1.82) is 0 Å². The van der Waals surface area contributed by atoms with Crippen molar-refractivity contribution in [2.45, 2.75) is 25.9 Å². The third-order valence-corrected chi connectivity index (χ3v) is 6.86. The van der Waals surface area contributed by atoms with Gasteiger partial charge in [-0.1, -0.05) is 12.1 Å². The predicted octanol–water partition coefficient (Wildman–Crippen LogP) is 4.18. The number of hydrogen-bond donors (Lipinski definition) is 2. The Bertz CT molecular complexity index is 1340. The number of pyridine rings is 1. The van der Waals surface area contributed by atoms with E-state index in [0.717, 1.165) is 24.2 Å². The molecule has 2 N–H and O–H groups in total. The van der Waals surface area contributed by atoms with Crippen molar-refractivity contribution in [3.05, 3.63) is 65.9 Å². The fourth-order valence-electron chi connectivity index (χ4n) is 4.89. The van der Waals surface area contributed by atoms with Gasteiger partial charge in [-0.25, -0.2) is 4.98 Å². The van der Waals surface area contributed by atoms with Crippen molar-refractivity contribution in [1.82, 2.24) is 9.88 Å². The zero-order valence-corrected chi connectivity index (χ0v) is 21.3. The Morgan fingerprint density at radius 2 is 1.92 bits per heavy atom. The quantitative estimate of drug-likeness (QED) is 0.541. The molecule has 5 rings (SSSR count). The average Bonchev–Trinajstić information content (AvgIpc) is 2.99. The highest BCUT2D eigenvalue weighted by atomic mass is 16.5. The van der Waals surface area contributed by atoms with Crippen molar-refractivity contribution >= 4 is 40.4 Å². The summed E-state index contributed by atoms with van der Waals surface area (Å²) in [6.45, 7) is 3.29. The number of rotatable bonds is 5. The molecule has 1 aromatic heterocycles. The Morgan fingerprint density at radius 1 is 1.11 bits per heavy atom. The molecule has 0 saturated carbocycles. The van der Waals surface area contributed by atoms with E-state index in [1.807, 2.05) is 49.2 Å². The molecule has 192 valence electrons. The van der Waals surface area contributed by atoms with Gasteiger partial charge < -0.3 is 29.9 Å². The minimum atomic E-state index is -0.483. The summed E-state index contributed by atoms with van der Waals surface area (Å²) in [6.07, 6.45) is 2.70. The SMILES string of the molecule is CCOc1cc(C(=O)N2CCCC(O)C2)ccc1Nc1cc2c(cn1)N(C)C(=O)c1ccccc1N2C. The summed E-state index contributed by atoms with van der Waals surface area (Å²) < 4.78 is 5.87. The minimum Gasteiger partial charge on any atom is -0.492 e. The normalized spacial score (nSPS) is 17.1. The first-order valence-electron chi connectivity index (χ1n) is 12.5. The van der Waals surface area contributed by atoms with Gasteiger partial charge in [0.1, 0.15) is 11.6 Å². The highest BCUT2D eigenvalue weighted by molar-refractivity contribution is 6.13. The Kier molecular flexibility index (Phi) is 6.71. The number of fused-ring (bicyclic) bond motifs is 2. The summed E-state index contributed by atoms with van der Waals surface area (Å²) in [5.74, 6) is 0.893. The molecule has 2 amide bonds. The van der Waals surface area contributed by atoms with Crippen LogP contribution in [0.2, 0.25) is 0 Å². The fraction of sp³-hybridized carbons (Fsp3) is 0.321. The first-order valence-corrected chi connectivity index (χ1v) is 12.5. The Hall–Kier alpha value is -4.11. The van der Waals surface area contributed by atoms with Crippen molar-refractivity contribution in [2.24, 2.45) is 0 Å². The maximum Gasteiger partial charge on any atom is 0.260 e. The lowest BCUT2D eigenvalue weighted by molar-refractivity contribution is 0.0473. The lowest BCUT2D eigenvalue weighted by atomic mass is 10.1. The van der Waals surface area contributed by atoms with E-state index in [9.17, 15) is 14.7 Å². The van der Waals surface area contributed by atoms with Crippen LogP contribution in [0.3, 0.4) is 0 Å². The van der Waals surface area contributed by atoms with Crippen LogP contribution in [-0.2, 0) is 0 Å². The molecule has 0 aliphatic carbocycles. The number of aliphatic hydroxyl groups is 1. The number of para-hydroxylation sites is 1. The number of carbonyl (C=O) groups excluding carboxylic acids is 2. The number of likely N-dealkylation sites (tertiary alicyclic amines) is 1. The van der Waals surface area contributed by atoms with Crippen LogP contribution in [0.5, 0.6) is 5.75 Å². The van der Waals surface area contributed by atoms with Crippen molar-refractivity contribution < 1.29 is 19.4 Å². The molecular formula is C28H31N5O4. The second-order valence-corrected chi connectivity index (χ2v) is 9.31. The number of carbonyl (C=O) groups is 2. The van der Waals surface area contributed by atoms with Gasteiger partial charge in [0, 0.05) is 38.8 Å². The van der Waals surface area contributed by atoms with Crippen LogP contribution in [0.1, 0.15) is 40.5 Å². The van der Waals surface area contributed by atoms with Gasteiger partial charge in [0.2, 0.25) is 0 Å². The van der Waals surface area contributed by atoms with E-state index in [-0.39, 0.29) is 11.8 Å². The van der Waals surface area contributed by atoms with Crippen LogP contribution in [0, 0.1) is 0 Å². The van der Waals surface area contributed by atoms with E-state index in [0.29, 0.717) is 53.8 Å². The molecule has 0 bridgehead atoms.